The zero-order valence-electron chi connectivity index (χ0n) is 15.0. The van der Waals surface area contributed by atoms with E-state index in [4.69, 9.17) is 9.84 Å². The van der Waals surface area contributed by atoms with E-state index in [2.05, 4.69) is 5.32 Å². The molecule has 1 aliphatic rings. The molecule has 0 amide bonds. The highest BCUT2D eigenvalue weighted by Crippen LogP contribution is 2.45. The van der Waals surface area contributed by atoms with Gasteiger partial charge in [-0.1, -0.05) is 42.5 Å². The van der Waals surface area contributed by atoms with E-state index in [0.717, 1.165) is 11.1 Å². The molecule has 0 saturated carbocycles. The highest BCUT2D eigenvalue weighted by molar-refractivity contribution is 7.57. The Morgan fingerprint density at radius 1 is 1.15 bits per heavy atom. The number of aromatic carboxylic acids is 1. The monoisotopic (exact) mass is 389 g/mol. The van der Waals surface area contributed by atoms with Crippen molar-refractivity contribution >= 4 is 13.3 Å². The van der Waals surface area contributed by atoms with Gasteiger partial charge in [0, 0.05) is 18.7 Å². The fraction of sp³-hybridized carbons (Fsp3) is 0.350. The SMILES string of the molecule is O=C(O)c1cccc(C[C@@H]2CO[C@@H](CP(=O)(O)Cc3ccccc3)CN2)c1. The summed E-state index contributed by atoms with van der Waals surface area (Å²) in [5.41, 5.74) is 2.04. The molecule has 0 bridgehead atoms. The Hall–Kier alpha value is -1.98. The van der Waals surface area contributed by atoms with Crippen molar-refractivity contribution in [3.63, 3.8) is 0 Å². The van der Waals surface area contributed by atoms with E-state index in [0.29, 0.717) is 19.6 Å². The average Bonchev–Trinajstić information content (AvgIpc) is 2.64. The van der Waals surface area contributed by atoms with Crippen molar-refractivity contribution < 1.29 is 24.1 Å². The topological polar surface area (TPSA) is 95.9 Å². The minimum absolute atomic E-state index is 0.0532. The molecule has 2 aromatic rings. The molecule has 2 aromatic carbocycles. The second-order valence-electron chi connectivity index (χ2n) is 6.94. The molecule has 27 heavy (non-hydrogen) atoms. The van der Waals surface area contributed by atoms with E-state index in [1.165, 1.54) is 0 Å². The molecule has 0 aromatic heterocycles. The quantitative estimate of drug-likeness (QED) is 0.631. The Balaban J connectivity index is 1.49. The number of benzene rings is 2. The lowest BCUT2D eigenvalue weighted by atomic mass is 10.0. The minimum Gasteiger partial charge on any atom is -0.478 e. The number of carboxylic acids is 1. The Bertz CT molecular complexity index is 818. The number of morpholine rings is 1. The Morgan fingerprint density at radius 3 is 2.56 bits per heavy atom. The molecule has 7 heteroatoms. The van der Waals surface area contributed by atoms with Gasteiger partial charge in [-0.2, -0.15) is 0 Å². The van der Waals surface area contributed by atoms with Gasteiger partial charge in [0.25, 0.3) is 0 Å². The van der Waals surface area contributed by atoms with Crippen LogP contribution in [0, 0.1) is 0 Å². The molecule has 1 saturated heterocycles. The van der Waals surface area contributed by atoms with Crippen molar-refractivity contribution in [3.05, 3.63) is 71.3 Å². The molecule has 3 rings (SSSR count). The van der Waals surface area contributed by atoms with Gasteiger partial charge < -0.3 is 20.1 Å². The van der Waals surface area contributed by atoms with Crippen LogP contribution in [0.15, 0.2) is 54.6 Å². The van der Waals surface area contributed by atoms with Crippen LogP contribution < -0.4 is 5.32 Å². The van der Waals surface area contributed by atoms with E-state index in [1.807, 2.05) is 36.4 Å². The van der Waals surface area contributed by atoms with Crippen molar-refractivity contribution in [1.82, 2.24) is 5.32 Å². The lowest BCUT2D eigenvalue weighted by Crippen LogP contribution is -2.48. The van der Waals surface area contributed by atoms with Crippen LogP contribution >= 0.6 is 7.37 Å². The first kappa shape index (κ1) is 19.8. The standard InChI is InChI=1S/C20H24NO5P/c22-20(23)17-8-4-7-16(9-17)10-18-12-26-19(11-21-18)14-27(24,25)13-15-5-2-1-3-6-15/h1-9,18-19,21H,10-14H2,(H,22,23)(H,24,25)/t18-,19-/m1/s1. The van der Waals surface area contributed by atoms with Crippen LogP contribution in [0.5, 0.6) is 0 Å². The normalized spacial score (nSPS) is 22.1. The molecule has 3 N–H and O–H groups in total. The molecule has 3 atom stereocenters. The molecule has 1 fully saturated rings. The van der Waals surface area contributed by atoms with Crippen LogP contribution in [-0.4, -0.2) is 47.4 Å². The van der Waals surface area contributed by atoms with Crippen molar-refractivity contribution in [2.45, 2.75) is 24.7 Å². The lowest BCUT2D eigenvalue weighted by molar-refractivity contribution is 0.0162. The Kier molecular flexibility index (Phi) is 6.45. The highest BCUT2D eigenvalue weighted by Gasteiger charge is 2.29. The summed E-state index contributed by atoms with van der Waals surface area (Å²) < 4.78 is 18.3. The largest absolute Gasteiger partial charge is 0.478 e. The zero-order valence-corrected chi connectivity index (χ0v) is 15.8. The molecular formula is C20H24NO5P. The summed E-state index contributed by atoms with van der Waals surface area (Å²) in [6.45, 7) is 0.927. The smallest absolute Gasteiger partial charge is 0.335 e. The fourth-order valence-electron chi connectivity index (χ4n) is 3.28. The van der Waals surface area contributed by atoms with Gasteiger partial charge in [0.05, 0.1) is 24.4 Å². The first-order valence-corrected chi connectivity index (χ1v) is 11.0. The average molecular weight is 389 g/mol. The third-order valence-corrected chi connectivity index (χ3v) is 6.42. The number of nitrogens with one attached hydrogen (secondary N) is 1. The Labute approximate surface area is 158 Å². The van der Waals surface area contributed by atoms with Crippen molar-refractivity contribution in [3.8, 4) is 0 Å². The maximum absolute atomic E-state index is 12.5. The number of carbonyl (C=O) groups is 1. The highest BCUT2D eigenvalue weighted by atomic mass is 31.2. The minimum atomic E-state index is -3.32. The van der Waals surface area contributed by atoms with Crippen LogP contribution in [-0.2, 0) is 21.9 Å². The summed E-state index contributed by atoms with van der Waals surface area (Å²) in [6, 6.07) is 16.2. The van der Waals surface area contributed by atoms with Crippen LogP contribution in [0.1, 0.15) is 21.5 Å². The summed E-state index contributed by atoms with van der Waals surface area (Å²) in [5.74, 6) is -0.943. The van der Waals surface area contributed by atoms with E-state index in [1.54, 1.807) is 18.2 Å². The number of ether oxygens (including phenoxy) is 1. The van der Waals surface area contributed by atoms with Gasteiger partial charge in [0.1, 0.15) is 0 Å². The summed E-state index contributed by atoms with van der Waals surface area (Å²) in [6.07, 6.45) is 0.621. The third kappa shape index (κ3) is 6.01. The van der Waals surface area contributed by atoms with Gasteiger partial charge in [-0.3, -0.25) is 4.57 Å². The molecule has 144 valence electrons. The number of carboxylic acid groups (broad SMARTS) is 1. The molecule has 1 heterocycles. The third-order valence-electron chi connectivity index (χ3n) is 4.58. The van der Waals surface area contributed by atoms with E-state index < -0.39 is 13.3 Å². The van der Waals surface area contributed by atoms with Crippen molar-refractivity contribution in [2.24, 2.45) is 0 Å². The van der Waals surface area contributed by atoms with Gasteiger partial charge in [-0.15, -0.1) is 0 Å². The van der Waals surface area contributed by atoms with Gasteiger partial charge in [-0.25, -0.2) is 4.79 Å². The van der Waals surface area contributed by atoms with Gasteiger partial charge in [-0.05, 0) is 29.7 Å². The van der Waals surface area contributed by atoms with Gasteiger partial charge in [0.2, 0.25) is 7.37 Å². The van der Waals surface area contributed by atoms with E-state index in [9.17, 15) is 14.3 Å². The molecular weight excluding hydrogens is 365 g/mol. The van der Waals surface area contributed by atoms with Gasteiger partial charge in [0.15, 0.2) is 0 Å². The summed E-state index contributed by atoms with van der Waals surface area (Å²) >= 11 is 0. The second-order valence-corrected chi connectivity index (χ2v) is 9.32. The number of hydrogen-bond acceptors (Lipinski definition) is 4. The Morgan fingerprint density at radius 2 is 1.89 bits per heavy atom. The molecule has 6 nitrogen and oxygen atoms in total. The molecule has 0 radical (unpaired) electrons. The fourth-order valence-corrected chi connectivity index (χ4v) is 5.07. The molecule has 1 unspecified atom stereocenters. The maximum atomic E-state index is 12.5. The lowest BCUT2D eigenvalue weighted by Gasteiger charge is -2.31. The summed E-state index contributed by atoms with van der Waals surface area (Å²) in [5, 5.41) is 12.4. The van der Waals surface area contributed by atoms with Crippen molar-refractivity contribution in [1.29, 1.82) is 0 Å². The van der Waals surface area contributed by atoms with Crippen LogP contribution in [0.4, 0.5) is 0 Å². The van der Waals surface area contributed by atoms with Gasteiger partial charge >= 0.3 is 5.97 Å². The predicted octanol–water partition coefficient (Wildman–Crippen LogP) is 2.75. The van der Waals surface area contributed by atoms with Crippen LogP contribution in [0.25, 0.3) is 0 Å². The van der Waals surface area contributed by atoms with E-state index in [-0.39, 0.29) is 30.0 Å². The van der Waals surface area contributed by atoms with Crippen molar-refractivity contribution in [2.75, 3.05) is 19.3 Å². The number of hydrogen-bond donors (Lipinski definition) is 3. The summed E-state index contributed by atoms with van der Waals surface area (Å²) in [7, 11) is -3.32. The first-order valence-electron chi connectivity index (χ1n) is 8.93. The number of rotatable bonds is 7. The van der Waals surface area contributed by atoms with Crippen LogP contribution in [0.2, 0.25) is 0 Å². The molecule has 0 aliphatic carbocycles. The molecule has 1 aliphatic heterocycles. The predicted molar refractivity (Wildman–Crippen MR) is 103 cm³/mol. The summed E-state index contributed by atoms with van der Waals surface area (Å²) in [4.78, 5) is 21.4. The molecule has 0 spiro atoms. The van der Waals surface area contributed by atoms with Crippen LogP contribution in [0.3, 0.4) is 0 Å². The maximum Gasteiger partial charge on any atom is 0.335 e. The second kappa shape index (κ2) is 8.81. The zero-order chi connectivity index (χ0) is 19.3. The first-order chi connectivity index (χ1) is 12.9. The van der Waals surface area contributed by atoms with E-state index >= 15 is 0 Å².